The van der Waals surface area contributed by atoms with E-state index >= 15 is 0 Å². The first-order valence-electron chi connectivity index (χ1n) is 8.46. The summed E-state index contributed by atoms with van der Waals surface area (Å²) in [5, 5.41) is 11.0. The molecule has 0 spiro atoms. The Hall–Kier alpha value is -2.46. The lowest BCUT2D eigenvalue weighted by molar-refractivity contribution is -0.385. The summed E-state index contributed by atoms with van der Waals surface area (Å²) in [4.78, 5) is 10.1. The van der Waals surface area contributed by atoms with E-state index in [1.54, 1.807) is 0 Å². The number of nitrogens with zero attached hydrogens (tertiary/aromatic N) is 2. The normalized spacial score (nSPS) is 18.4. The fourth-order valence-electron chi connectivity index (χ4n) is 3.49. The van der Waals surface area contributed by atoms with Gasteiger partial charge in [-0.05, 0) is 37.0 Å². The van der Waals surface area contributed by atoms with Crippen LogP contribution in [0.4, 0.5) is 18.9 Å². The SMILES string of the molecule is Cc1ccc([N+](=O)[O-])cc1S(=O)(=O)N1CCCC1c1ccccc1C(F)(F)F. The number of sulfonamides is 1. The molecule has 0 N–H and O–H groups in total. The summed E-state index contributed by atoms with van der Waals surface area (Å²) < 4.78 is 67.6. The van der Waals surface area contributed by atoms with Crippen molar-refractivity contribution in [1.82, 2.24) is 4.31 Å². The predicted molar refractivity (Wildman–Crippen MR) is 95.1 cm³/mol. The summed E-state index contributed by atoms with van der Waals surface area (Å²) in [6, 6.07) is 7.38. The summed E-state index contributed by atoms with van der Waals surface area (Å²) in [5.74, 6) is 0. The average molecular weight is 414 g/mol. The van der Waals surface area contributed by atoms with Crippen LogP contribution >= 0.6 is 0 Å². The van der Waals surface area contributed by atoms with Crippen LogP contribution in [0.5, 0.6) is 0 Å². The van der Waals surface area contributed by atoms with Crippen molar-refractivity contribution in [3.63, 3.8) is 0 Å². The number of nitro groups is 1. The van der Waals surface area contributed by atoms with Gasteiger partial charge in [0.1, 0.15) is 0 Å². The van der Waals surface area contributed by atoms with Gasteiger partial charge >= 0.3 is 6.18 Å². The quantitative estimate of drug-likeness (QED) is 0.547. The molecule has 3 rings (SSSR count). The molecule has 6 nitrogen and oxygen atoms in total. The maximum atomic E-state index is 13.4. The van der Waals surface area contributed by atoms with E-state index in [4.69, 9.17) is 0 Å². The van der Waals surface area contributed by atoms with Crippen molar-refractivity contribution in [3.05, 3.63) is 69.3 Å². The van der Waals surface area contributed by atoms with E-state index in [-0.39, 0.29) is 23.4 Å². The van der Waals surface area contributed by atoms with E-state index < -0.39 is 38.4 Å². The molecule has 2 aromatic rings. The van der Waals surface area contributed by atoms with Crippen LogP contribution < -0.4 is 0 Å². The second kappa shape index (κ2) is 7.17. The number of halogens is 3. The van der Waals surface area contributed by atoms with E-state index in [2.05, 4.69) is 0 Å². The molecule has 0 saturated carbocycles. The van der Waals surface area contributed by atoms with Crippen molar-refractivity contribution in [2.45, 2.75) is 36.9 Å². The number of aryl methyl sites for hydroxylation is 1. The van der Waals surface area contributed by atoms with Crippen LogP contribution in [0.15, 0.2) is 47.4 Å². The van der Waals surface area contributed by atoms with Gasteiger partial charge < -0.3 is 0 Å². The topological polar surface area (TPSA) is 80.5 Å². The average Bonchev–Trinajstić information content (AvgIpc) is 3.11. The van der Waals surface area contributed by atoms with E-state index in [9.17, 15) is 31.7 Å². The summed E-state index contributed by atoms with van der Waals surface area (Å²) in [7, 11) is -4.22. The molecule has 0 bridgehead atoms. The Morgan fingerprint density at radius 1 is 1.18 bits per heavy atom. The fourth-order valence-corrected chi connectivity index (χ4v) is 5.41. The monoisotopic (exact) mass is 414 g/mol. The van der Waals surface area contributed by atoms with Crippen molar-refractivity contribution in [2.75, 3.05) is 6.54 Å². The minimum absolute atomic E-state index is 0.0430. The van der Waals surface area contributed by atoms with Crippen molar-refractivity contribution in [1.29, 1.82) is 0 Å². The Morgan fingerprint density at radius 2 is 1.86 bits per heavy atom. The predicted octanol–water partition coefficient (Wildman–Crippen LogP) is 4.45. The smallest absolute Gasteiger partial charge is 0.258 e. The first-order chi connectivity index (χ1) is 13.0. The zero-order chi connectivity index (χ0) is 20.7. The molecule has 2 aromatic carbocycles. The van der Waals surface area contributed by atoms with Gasteiger partial charge in [0.25, 0.3) is 5.69 Å². The van der Waals surface area contributed by atoms with Crippen LogP contribution in [0, 0.1) is 17.0 Å². The summed E-state index contributed by atoms with van der Waals surface area (Å²) in [5.41, 5.74) is -1.09. The van der Waals surface area contributed by atoms with Gasteiger partial charge in [-0.15, -0.1) is 0 Å². The lowest BCUT2D eigenvalue weighted by Gasteiger charge is -2.27. The minimum atomic E-state index is -4.62. The third-order valence-electron chi connectivity index (χ3n) is 4.80. The van der Waals surface area contributed by atoms with Crippen LogP contribution in [0.25, 0.3) is 0 Å². The molecule has 0 aliphatic carbocycles. The fraction of sp³-hybridized carbons (Fsp3) is 0.333. The first-order valence-corrected chi connectivity index (χ1v) is 9.90. The Kier molecular flexibility index (Phi) is 5.20. The molecule has 0 amide bonds. The molecule has 1 heterocycles. The maximum absolute atomic E-state index is 13.4. The van der Waals surface area contributed by atoms with Crippen molar-refractivity contribution >= 4 is 15.7 Å². The summed E-state index contributed by atoms with van der Waals surface area (Å²) >= 11 is 0. The Balaban J connectivity index is 2.09. The molecular weight excluding hydrogens is 397 g/mol. The molecule has 10 heteroatoms. The lowest BCUT2D eigenvalue weighted by Crippen LogP contribution is -2.32. The molecule has 1 atom stereocenters. The zero-order valence-electron chi connectivity index (χ0n) is 14.8. The van der Waals surface area contributed by atoms with Gasteiger partial charge in [-0.1, -0.05) is 24.3 Å². The van der Waals surface area contributed by atoms with E-state index in [0.29, 0.717) is 12.0 Å². The van der Waals surface area contributed by atoms with Crippen LogP contribution in [0.1, 0.15) is 35.6 Å². The number of benzene rings is 2. The van der Waals surface area contributed by atoms with Crippen molar-refractivity contribution < 1.29 is 26.5 Å². The highest BCUT2D eigenvalue weighted by molar-refractivity contribution is 7.89. The van der Waals surface area contributed by atoms with Crippen molar-refractivity contribution in [3.8, 4) is 0 Å². The molecule has 150 valence electrons. The van der Waals surface area contributed by atoms with E-state index in [1.165, 1.54) is 37.3 Å². The second-order valence-corrected chi connectivity index (χ2v) is 8.42. The summed E-state index contributed by atoms with van der Waals surface area (Å²) in [6.07, 6.45) is -3.99. The van der Waals surface area contributed by atoms with Crippen LogP contribution in [-0.2, 0) is 16.2 Å². The number of non-ortho nitro benzene ring substituents is 1. The molecule has 1 fully saturated rings. The second-order valence-electron chi connectivity index (χ2n) is 6.57. The first kappa shape index (κ1) is 20.3. The molecule has 1 aliphatic heterocycles. The Morgan fingerprint density at radius 3 is 2.50 bits per heavy atom. The van der Waals surface area contributed by atoms with Crippen LogP contribution in [-0.4, -0.2) is 24.2 Å². The number of nitro benzene ring substituents is 1. The van der Waals surface area contributed by atoms with E-state index in [0.717, 1.165) is 16.4 Å². The third-order valence-corrected chi connectivity index (χ3v) is 6.85. The number of hydrogen-bond acceptors (Lipinski definition) is 4. The van der Waals surface area contributed by atoms with Gasteiger partial charge in [0.2, 0.25) is 10.0 Å². The third kappa shape index (κ3) is 3.61. The van der Waals surface area contributed by atoms with Gasteiger partial charge in [-0.25, -0.2) is 8.42 Å². The zero-order valence-corrected chi connectivity index (χ0v) is 15.6. The molecule has 1 saturated heterocycles. The van der Waals surface area contributed by atoms with Gasteiger partial charge in [0.15, 0.2) is 0 Å². The highest BCUT2D eigenvalue weighted by Crippen LogP contribution is 2.43. The molecule has 28 heavy (non-hydrogen) atoms. The van der Waals surface area contributed by atoms with Gasteiger partial charge in [-0.2, -0.15) is 17.5 Å². The van der Waals surface area contributed by atoms with Crippen molar-refractivity contribution in [2.24, 2.45) is 0 Å². The molecule has 0 radical (unpaired) electrons. The number of hydrogen-bond donors (Lipinski definition) is 0. The van der Waals surface area contributed by atoms with Gasteiger partial charge in [0, 0.05) is 18.7 Å². The maximum Gasteiger partial charge on any atom is 0.416 e. The van der Waals surface area contributed by atoms with Gasteiger partial charge in [0.05, 0.1) is 21.4 Å². The van der Waals surface area contributed by atoms with E-state index in [1.807, 2.05) is 0 Å². The molecule has 0 aromatic heterocycles. The van der Waals surface area contributed by atoms with Crippen LogP contribution in [0.3, 0.4) is 0 Å². The highest BCUT2D eigenvalue weighted by atomic mass is 32.2. The molecule has 1 aliphatic rings. The number of alkyl halides is 3. The van der Waals surface area contributed by atoms with Gasteiger partial charge in [-0.3, -0.25) is 10.1 Å². The van der Waals surface area contributed by atoms with Crippen LogP contribution in [0.2, 0.25) is 0 Å². The summed E-state index contributed by atoms with van der Waals surface area (Å²) in [6.45, 7) is 1.53. The standard InChI is InChI=1S/C18H17F3N2O4S/c1-12-8-9-13(23(24)25)11-17(12)28(26,27)22-10-4-7-16(22)14-5-2-3-6-15(14)18(19,20)21/h2-3,5-6,8-9,11,16H,4,7,10H2,1H3. The number of rotatable bonds is 4. The lowest BCUT2D eigenvalue weighted by atomic mass is 9.99. The highest BCUT2D eigenvalue weighted by Gasteiger charge is 2.42. The Labute approximate surface area is 159 Å². The minimum Gasteiger partial charge on any atom is -0.258 e. The molecular formula is C18H17F3N2O4S. The Bertz CT molecular complexity index is 1020. The largest absolute Gasteiger partial charge is 0.416 e. The molecule has 1 unspecified atom stereocenters.